The highest BCUT2D eigenvalue weighted by Gasteiger charge is 2.23. The number of ketones is 1. The van der Waals surface area contributed by atoms with Crippen molar-refractivity contribution in [3.8, 4) is 0 Å². The SMILES string of the molecule is CC(=O)N1CCc2cc(C(=O)[C@@H](C)Cl)ccc21. The van der Waals surface area contributed by atoms with Gasteiger partial charge in [-0.15, -0.1) is 11.6 Å². The van der Waals surface area contributed by atoms with Crippen LogP contribution in [-0.4, -0.2) is 23.6 Å². The van der Waals surface area contributed by atoms with Crippen LogP contribution < -0.4 is 4.90 Å². The fraction of sp³-hybridized carbons (Fsp3) is 0.385. The van der Waals surface area contributed by atoms with E-state index in [0.29, 0.717) is 12.1 Å². The summed E-state index contributed by atoms with van der Waals surface area (Å²) in [5.41, 5.74) is 2.58. The molecule has 0 N–H and O–H groups in total. The number of rotatable bonds is 2. The molecule has 0 fully saturated rings. The molecule has 0 saturated carbocycles. The fourth-order valence-corrected chi connectivity index (χ4v) is 2.24. The van der Waals surface area contributed by atoms with Gasteiger partial charge in [0.25, 0.3) is 0 Å². The predicted octanol–water partition coefficient (Wildman–Crippen LogP) is 2.41. The third-order valence-electron chi connectivity index (χ3n) is 3.00. The van der Waals surface area contributed by atoms with E-state index in [1.807, 2.05) is 12.1 Å². The monoisotopic (exact) mass is 251 g/mol. The second kappa shape index (κ2) is 4.49. The van der Waals surface area contributed by atoms with Crippen LogP contribution in [-0.2, 0) is 11.2 Å². The number of nitrogens with zero attached hydrogens (tertiary/aromatic N) is 1. The zero-order valence-electron chi connectivity index (χ0n) is 9.87. The van der Waals surface area contributed by atoms with Crippen molar-refractivity contribution < 1.29 is 9.59 Å². The largest absolute Gasteiger partial charge is 0.312 e. The van der Waals surface area contributed by atoms with E-state index in [4.69, 9.17) is 11.6 Å². The molecule has 0 spiro atoms. The molecule has 1 aliphatic rings. The minimum Gasteiger partial charge on any atom is -0.312 e. The molecule has 3 nitrogen and oxygen atoms in total. The van der Waals surface area contributed by atoms with Gasteiger partial charge in [-0.25, -0.2) is 0 Å². The van der Waals surface area contributed by atoms with E-state index in [-0.39, 0.29) is 11.7 Å². The topological polar surface area (TPSA) is 37.4 Å². The summed E-state index contributed by atoms with van der Waals surface area (Å²) in [7, 11) is 0. The van der Waals surface area contributed by atoms with E-state index in [9.17, 15) is 9.59 Å². The summed E-state index contributed by atoms with van der Waals surface area (Å²) < 4.78 is 0. The van der Waals surface area contributed by atoms with Crippen molar-refractivity contribution in [3.05, 3.63) is 29.3 Å². The van der Waals surface area contributed by atoms with Crippen LogP contribution in [0.2, 0.25) is 0 Å². The number of hydrogen-bond donors (Lipinski definition) is 0. The van der Waals surface area contributed by atoms with Crippen LogP contribution in [0.3, 0.4) is 0 Å². The zero-order valence-corrected chi connectivity index (χ0v) is 10.6. The summed E-state index contributed by atoms with van der Waals surface area (Å²) in [6, 6.07) is 5.41. The predicted molar refractivity (Wildman–Crippen MR) is 67.8 cm³/mol. The van der Waals surface area contributed by atoms with Crippen LogP contribution in [0, 0.1) is 0 Å². The Bertz CT molecular complexity index is 482. The van der Waals surface area contributed by atoms with E-state index in [1.54, 1.807) is 24.8 Å². The molecule has 0 aliphatic carbocycles. The van der Waals surface area contributed by atoms with Gasteiger partial charge in [-0.2, -0.15) is 0 Å². The molecule has 2 rings (SSSR count). The number of amides is 1. The first-order valence-corrected chi connectivity index (χ1v) is 6.03. The summed E-state index contributed by atoms with van der Waals surface area (Å²) in [5, 5.41) is -0.515. The molecular formula is C13H14ClNO2. The molecule has 1 aromatic carbocycles. The summed E-state index contributed by atoms with van der Waals surface area (Å²) >= 11 is 5.78. The Hall–Kier alpha value is -1.35. The van der Waals surface area contributed by atoms with Crippen LogP contribution >= 0.6 is 11.6 Å². The van der Waals surface area contributed by atoms with E-state index in [1.165, 1.54) is 0 Å². The number of fused-ring (bicyclic) bond motifs is 1. The normalized spacial score (nSPS) is 15.6. The molecule has 17 heavy (non-hydrogen) atoms. The van der Waals surface area contributed by atoms with Crippen LogP contribution in [0.25, 0.3) is 0 Å². The Kier molecular flexibility index (Phi) is 3.20. The lowest BCUT2D eigenvalue weighted by atomic mass is 10.0. The molecule has 4 heteroatoms. The van der Waals surface area contributed by atoms with Gasteiger partial charge >= 0.3 is 0 Å². The number of halogens is 1. The third-order valence-corrected chi connectivity index (χ3v) is 3.20. The lowest BCUT2D eigenvalue weighted by Gasteiger charge is -2.14. The molecular weight excluding hydrogens is 238 g/mol. The summed E-state index contributed by atoms with van der Waals surface area (Å²) in [5.74, 6) is -0.0377. The minimum absolute atomic E-state index is 0.0357. The smallest absolute Gasteiger partial charge is 0.223 e. The number of alkyl halides is 1. The van der Waals surface area contributed by atoms with Crippen molar-refractivity contribution in [2.45, 2.75) is 25.6 Å². The minimum atomic E-state index is -0.515. The molecule has 1 aromatic rings. The molecule has 0 aromatic heterocycles. The van der Waals surface area contributed by atoms with Crippen LogP contribution in [0.15, 0.2) is 18.2 Å². The first-order valence-electron chi connectivity index (χ1n) is 5.60. The Balaban J connectivity index is 2.35. The first-order chi connectivity index (χ1) is 8.00. The molecule has 1 amide bonds. The number of carbonyl (C=O) groups is 2. The molecule has 0 saturated heterocycles. The van der Waals surface area contributed by atoms with E-state index < -0.39 is 5.38 Å². The number of Topliss-reactive ketones (excluding diaryl/α,β-unsaturated/α-hetero) is 1. The van der Waals surface area contributed by atoms with Crippen molar-refractivity contribution >= 4 is 29.0 Å². The Morgan fingerprint density at radius 1 is 1.41 bits per heavy atom. The number of benzene rings is 1. The van der Waals surface area contributed by atoms with E-state index in [2.05, 4.69) is 0 Å². The van der Waals surface area contributed by atoms with Gasteiger partial charge in [0.2, 0.25) is 5.91 Å². The Labute approximate surface area is 105 Å². The van der Waals surface area contributed by atoms with Crippen LogP contribution in [0.5, 0.6) is 0 Å². The van der Waals surface area contributed by atoms with Crippen molar-refractivity contribution in [1.29, 1.82) is 0 Å². The second-order valence-corrected chi connectivity index (χ2v) is 4.90. The van der Waals surface area contributed by atoms with Crippen molar-refractivity contribution in [3.63, 3.8) is 0 Å². The number of carbonyl (C=O) groups excluding carboxylic acids is 2. The van der Waals surface area contributed by atoms with Crippen LogP contribution in [0.4, 0.5) is 5.69 Å². The zero-order chi connectivity index (χ0) is 12.6. The fourth-order valence-electron chi connectivity index (χ4n) is 2.11. The quantitative estimate of drug-likeness (QED) is 0.598. The van der Waals surface area contributed by atoms with Gasteiger partial charge < -0.3 is 4.90 Å². The number of hydrogen-bond acceptors (Lipinski definition) is 2. The molecule has 90 valence electrons. The highest BCUT2D eigenvalue weighted by molar-refractivity contribution is 6.33. The highest BCUT2D eigenvalue weighted by Crippen LogP contribution is 2.29. The lowest BCUT2D eigenvalue weighted by molar-refractivity contribution is -0.116. The summed E-state index contributed by atoms with van der Waals surface area (Å²) in [6.45, 7) is 3.91. The van der Waals surface area contributed by atoms with Gasteiger partial charge in [-0.05, 0) is 37.1 Å². The average molecular weight is 252 g/mol. The summed E-state index contributed by atoms with van der Waals surface area (Å²) in [6.07, 6.45) is 0.798. The molecule has 1 aliphatic heterocycles. The maximum atomic E-state index is 11.7. The van der Waals surface area contributed by atoms with Crippen molar-refractivity contribution in [1.82, 2.24) is 0 Å². The van der Waals surface area contributed by atoms with Crippen molar-refractivity contribution in [2.24, 2.45) is 0 Å². The highest BCUT2D eigenvalue weighted by atomic mass is 35.5. The van der Waals surface area contributed by atoms with Gasteiger partial charge in [0.05, 0.1) is 5.38 Å². The second-order valence-electron chi connectivity index (χ2n) is 4.24. The Morgan fingerprint density at radius 2 is 2.12 bits per heavy atom. The van der Waals surface area contributed by atoms with E-state index in [0.717, 1.165) is 17.7 Å². The van der Waals surface area contributed by atoms with Gasteiger partial charge in [0, 0.05) is 24.7 Å². The summed E-state index contributed by atoms with van der Waals surface area (Å²) in [4.78, 5) is 24.9. The molecule has 0 bridgehead atoms. The number of anilines is 1. The first kappa shape index (κ1) is 12.1. The third kappa shape index (κ3) is 2.20. The lowest BCUT2D eigenvalue weighted by Crippen LogP contribution is -2.25. The van der Waals surface area contributed by atoms with Gasteiger partial charge in [0.15, 0.2) is 5.78 Å². The van der Waals surface area contributed by atoms with Crippen LogP contribution in [0.1, 0.15) is 29.8 Å². The van der Waals surface area contributed by atoms with E-state index >= 15 is 0 Å². The molecule has 1 heterocycles. The van der Waals surface area contributed by atoms with Gasteiger partial charge in [-0.3, -0.25) is 9.59 Å². The standard InChI is InChI=1S/C13H14ClNO2/c1-8(14)13(17)11-3-4-12-10(7-11)5-6-15(12)9(2)16/h3-4,7-8H,5-6H2,1-2H3/t8-/m1/s1. The molecule has 1 atom stereocenters. The van der Waals surface area contributed by atoms with Gasteiger partial charge in [-0.1, -0.05) is 0 Å². The van der Waals surface area contributed by atoms with Crippen molar-refractivity contribution in [2.75, 3.05) is 11.4 Å². The molecule has 0 radical (unpaired) electrons. The van der Waals surface area contributed by atoms with Gasteiger partial charge in [0.1, 0.15) is 0 Å². The average Bonchev–Trinajstić information content (AvgIpc) is 2.70. The maximum Gasteiger partial charge on any atom is 0.223 e. The maximum absolute atomic E-state index is 11.7. The molecule has 0 unspecified atom stereocenters. The Morgan fingerprint density at radius 3 is 2.71 bits per heavy atom.